The van der Waals surface area contributed by atoms with Crippen molar-refractivity contribution >= 4 is 0 Å². The second-order valence-electron chi connectivity index (χ2n) is 4.80. The van der Waals surface area contributed by atoms with Gasteiger partial charge in [-0.15, -0.1) is 0 Å². The first kappa shape index (κ1) is 14.7. The average molecular weight is 275 g/mol. The fourth-order valence-electron chi connectivity index (χ4n) is 2.21. The molecular weight excluding hydrogens is 256 g/mol. The van der Waals surface area contributed by atoms with Crippen LogP contribution in [0.15, 0.2) is 54.6 Å². The Morgan fingerprint density at radius 3 is 2.15 bits per heavy atom. The lowest BCUT2D eigenvalue weighted by atomic mass is 10.0. The maximum Gasteiger partial charge on any atom is 0.285 e. The standard InChI is InChI=1S/C17H19F2N/c1-2-14-8-6-7-9-15(14)12-20-13-17(18,19)16-10-4-3-5-11-16/h3-11,20H,2,12-13H2,1H3. The van der Waals surface area contributed by atoms with Crippen LogP contribution in [0.2, 0.25) is 0 Å². The van der Waals surface area contributed by atoms with E-state index in [1.807, 2.05) is 24.3 Å². The smallest absolute Gasteiger partial charge is 0.285 e. The molecule has 1 nitrogen and oxygen atoms in total. The third-order valence-corrected chi connectivity index (χ3v) is 3.36. The average Bonchev–Trinajstić information content (AvgIpc) is 2.48. The van der Waals surface area contributed by atoms with Gasteiger partial charge in [-0.3, -0.25) is 0 Å². The van der Waals surface area contributed by atoms with E-state index < -0.39 is 5.92 Å². The molecule has 3 heteroatoms. The van der Waals surface area contributed by atoms with Crippen LogP contribution in [-0.4, -0.2) is 6.54 Å². The minimum atomic E-state index is -2.84. The molecule has 0 bridgehead atoms. The Labute approximate surface area is 118 Å². The van der Waals surface area contributed by atoms with E-state index in [9.17, 15) is 8.78 Å². The number of halogens is 2. The predicted molar refractivity (Wildman–Crippen MR) is 77.9 cm³/mol. The third kappa shape index (κ3) is 3.64. The first-order valence-corrected chi connectivity index (χ1v) is 6.84. The molecule has 0 radical (unpaired) electrons. The topological polar surface area (TPSA) is 12.0 Å². The fraction of sp³-hybridized carbons (Fsp3) is 0.294. The molecule has 0 amide bonds. The summed E-state index contributed by atoms with van der Waals surface area (Å²) < 4.78 is 28.0. The highest BCUT2D eigenvalue weighted by Crippen LogP contribution is 2.26. The van der Waals surface area contributed by atoms with E-state index in [-0.39, 0.29) is 12.1 Å². The zero-order valence-electron chi connectivity index (χ0n) is 11.6. The van der Waals surface area contributed by atoms with Crippen LogP contribution < -0.4 is 5.32 Å². The Morgan fingerprint density at radius 2 is 1.50 bits per heavy atom. The van der Waals surface area contributed by atoms with Crippen molar-refractivity contribution in [1.82, 2.24) is 5.32 Å². The summed E-state index contributed by atoms with van der Waals surface area (Å²) in [5.41, 5.74) is 2.33. The van der Waals surface area contributed by atoms with E-state index in [0.717, 1.165) is 12.0 Å². The monoisotopic (exact) mass is 275 g/mol. The van der Waals surface area contributed by atoms with Gasteiger partial charge in [0.25, 0.3) is 5.92 Å². The molecule has 0 aliphatic carbocycles. The Morgan fingerprint density at radius 1 is 0.900 bits per heavy atom. The summed E-state index contributed by atoms with van der Waals surface area (Å²) in [7, 11) is 0. The van der Waals surface area contributed by atoms with E-state index in [1.54, 1.807) is 18.2 Å². The molecule has 2 aromatic carbocycles. The van der Waals surface area contributed by atoms with Gasteiger partial charge in [0.15, 0.2) is 0 Å². The number of alkyl halides is 2. The highest BCUT2D eigenvalue weighted by atomic mass is 19.3. The lowest BCUT2D eigenvalue weighted by molar-refractivity contribution is -0.00344. The Balaban J connectivity index is 1.96. The first-order valence-electron chi connectivity index (χ1n) is 6.84. The summed E-state index contributed by atoms with van der Waals surface area (Å²) in [5.74, 6) is -2.84. The van der Waals surface area contributed by atoms with Gasteiger partial charge in [0.2, 0.25) is 0 Å². The van der Waals surface area contributed by atoms with Gasteiger partial charge in [0, 0.05) is 12.1 Å². The van der Waals surface area contributed by atoms with Crippen molar-refractivity contribution in [2.24, 2.45) is 0 Å². The first-order chi connectivity index (χ1) is 9.63. The molecule has 0 unspecified atom stereocenters. The molecule has 0 aliphatic heterocycles. The maximum atomic E-state index is 14.0. The van der Waals surface area contributed by atoms with Crippen molar-refractivity contribution in [1.29, 1.82) is 0 Å². The predicted octanol–water partition coefficient (Wildman–Crippen LogP) is 4.13. The quantitative estimate of drug-likeness (QED) is 0.835. The minimum absolute atomic E-state index is 0.0521. The zero-order valence-corrected chi connectivity index (χ0v) is 11.6. The lowest BCUT2D eigenvalue weighted by Crippen LogP contribution is -2.30. The molecule has 0 spiro atoms. The van der Waals surface area contributed by atoms with E-state index in [0.29, 0.717) is 6.54 Å². The number of hydrogen-bond donors (Lipinski definition) is 1. The summed E-state index contributed by atoms with van der Waals surface area (Å²) in [5, 5.41) is 2.87. The largest absolute Gasteiger partial charge is 0.307 e. The number of aryl methyl sites for hydroxylation is 1. The van der Waals surface area contributed by atoms with Gasteiger partial charge in [-0.05, 0) is 17.5 Å². The number of nitrogens with one attached hydrogen (secondary N) is 1. The Kier molecular flexibility index (Phi) is 4.85. The highest BCUT2D eigenvalue weighted by Gasteiger charge is 2.30. The Bertz CT molecular complexity index is 538. The van der Waals surface area contributed by atoms with Gasteiger partial charge in [-0.2, -0.15) is 8.78 Å². The van der Waals surface area contributed by atoms with Gasteiger partial charge < -0.3 is 5.32 Å². The maximum absolute atomic E-state index is 14.0. The summed E-state index contributed by atoms with van der Waals surface area (Å²) in [6, 6.07) is 15.9. The van der Waals surface area contributed by atoms with Gasteiger partial charge in [-0.25, -0.2) is 0 Å². The van der Waals surface area contributed by atoms with Crippen LogP contribution in [0.5, 0.6) is 0 Å². The molecule has 0 heterocycles. The van der Waals surface area contributed by atoms with Crippen LogP contribution in [0.1, 0.15) is 23.6 Å². The number of hydrogen-bond acceptors (Lipinski definition) is 1. The molecule has 0 atom stereocenters. The molecular formula is C17H19F2N. The van der Waals surface area contributed by atoms with Crippen molar-refractivity contribution in [2.45, 2.75) is 25.8 Å². The summed E-state index contributed by atoms with van der Waals surface area (Å²) >= 11 is 0. The minimum Gasteiger partial charge on any atom is -0.307 e. The van der Waals surface area contributed by atoms with Crippen LogP contribution >= 0.6 is 0 Å². The second-order valence-corrected chi connectivity index (χ2v) is 4.80. The zero-order chi connectivity index (χ0) is 14.4. The second kappa shape index (κ2) is 6.62. The van der Waals surface area contributed by atoms with Crippen LogP contribution in [0, 0.1) is 0 Å². The van der Waals surface area contributed by atoms with E-state index >= 15 is 0 Å². The van der Waals surface area contributed by atoms with Gasteiger partial charge >= 0.3 is 0 Å². The molecule has 20 heavy (non-hydrogen) atoms. The Hall–Kier alpha value is -1.74. The fourth-order valence-corrected chi connectivity index (χ4v) is 2.21. The normalized spacial score (nSPS) is 11.6. The molecule has 0 aliphatic rings. The van der Waals surface area contributed by atoms with Crippen LogP contribution in [-0.2, 0) is 18.9 Å². The number of benzene rings is 2. The van der Waals surface area contributed by atoms with Gasteiger partial charge in [0.05, 0.1) is 6.54 Å². The van der Waals surface area contributed by atoms with Crippen molar-refractivity contribution in [3.05, 3.63) is 71.3 Å². The molecule has 0 saturated carbocycles. The van der Waals surface area contributed by atoms with E-state index in [2.05, 4.69) is 12.2 Å². The van der Waals surface area contributed by atoms with Crippen molar-refractivity contribution in [2.75, 3.05) is 6.54 Å². The molecule has 106 valence electrons. The van der Waals surface area contributed by atoms with Crippen LogP contribution in [0.25, 0.3) is 0 Å². The molecule has 0 saturated heterocycles. The molecule has 2 rings (SSSR count). The van der Waals surface area contributed by atoms with Crippen LogP contribution in [0.4, 0.5) is 8.78 Å². The third-order valence-electron chi connectivity index (χ3n) is 3.36. The SMILES string of the molecule is CCc1ccccc1CNCC(F)(F)c1ccccc1. The highest BCUT2D eigenvalue weighted by molar-refractivity contribution is 5.27. The van der Waals surface area contributed by atoms with E-state index in [1.165, 1.54) is 17.7 Å². The van der Waals surface area contributed by atoms with Crippen molar-refractivity contribution in [3.63, 3.8) is 0 Å². The molecule has 2 aromatic rings. The van der Waals surface area contributed by atoms with Crippen molar-refractivity contribution in [3.8, 4) is 0 Å². The summed E-state index contributed by atoms with van der Waals surface area (Å²) in [6.07, 6.45) is 0.910. The number of rotatable bonds is 6. The van der Waals surface area contributed by atoms with E-state index in [4.69, 9.17) is 0 Å². The van der Waals surface area contributed by atoms with Crippen molar-refractivity contribution < 1.29 is 8.78 Å². The van der Waals surface area contributed by atoms with Gasteiger partial charge in [-0.1, -0.05) is 61.5 Å². The summed E-state index contributed by atoms with van der Waals surface area (Å²) in [6.45, 7) is 2.18. The summed E-state index contributed by atoms with van der Waals surface area (Å²) in [4.78, 5) is 0. The molecule has 1 N–H and O–H groups in total. The molecule has 0 fully saturated rings. The van der Waals surface area contributed by atoms with Crippen LogP contribution in [0.3, 0.4) is 0 Å². The molecule has 0 aromatic heterocycles. The lowest BCUT2D eigenvalue weighted by Gasteiger charge is -2.18. The van der Waals surface area contributed by atoms with Gasteiger partial charge in [0.1, 0.15) is 0 Å².